The van der Waals surface area contributed by atoms with Crippen LogP contribution < -0.4 is 4.74 Å². The molecule has 0 radical (unpaired) electrons. The summed E-state index contributed by atoms with van der Waals surface area (Å²) in [6.07, 6.45) is -3.21. The van der Waals surface area contributed by atoms with Gasteiger partial charge in [-0.15, -0.1) is 0 Å². The van der Waals surface area contributed by atoms with Gasteiger partial charge in [-0.2, -0.15) is 18.3 Å². The lowest BCUT2D eigenvalue weighted by Gasteiger charge is -2.33. The molecule has 1 fully saturated rings. The minimum atomic E-state index is -4.56. The first-order chi connectivity index (χ1) is 14.3. The van der Waals surface area contributed by atoms with Crippen molar-refractivity contribution in [3.8, 4) is 5.75 Å². The van der Waals surface area contributed by atoms with Crippen LogP contribution in [0.2, 0.25) is 0 Å². The monoisotopic (exact) mass is 418 g/mol. The van der Waals surface area contributed by atoms with Crippen LogP contribution in [-0.4, -0.2) is 45.6 Å². The number of nitrogens with zero attached hydrogens (tertiary/aromatic N) is 4. The Morgan fingerprint density at radius 3 is 2.77 bits per heavy atom. The number of methoxy groups -OCH3 is 1. The molecule has 4 rings (SSSR count). The lowest BCUT2D eigenvalue weighted by Crippen LogP contribution is -2.39. The molecule has 158 valence electrons. The molecule has 1 aromatic carbocycles. The number of carbonyl (C=O) groups excluding carboxylic acids is 1. The Labute approximate surface area is 171 Å². The van der Waals surface area contributed by atoms with E-state index in [4.69, 9.17) is 4.74 Å². The van der Waals surface area contributed by atoms with Crippen molar-refractivity contribution in [3.05, 3.63) is 59.0 Å². The average Bonchev–Trinajstić information content (AvgIpc) is 3.11. The Morgan fingerprint density at radius 2 is 2.03 bits per heavy atom. The van der Waals surface area contributed by atoms with E-state index in [1.54, 1.807) is 36.1 Å². The summed E-state index contributed by atoms with van der Waals surface area (Å²) < 4.78 is 46.8. The summed E-state index contributed by atoms with van der Waals surface area (Å²) in [6, 6.07) is 9.44. The van der Waals surface area contributed by atoms with Gasteiger partial charge in [0.05, 0.1) is 12.8 Å². The topological polar surface area (TPSA) is 59.7 Å². The van der Waals surface area contributed by atoms with E-state index in [0.717, 1.165) is 10.6 Å². The van der Waals surface area contributed by atoms with Gasteiger partial charge in [-0.25, -0.2) is 9.50 Å². The highest BCUT2D eigenvalue weighted by Crippen LogP contribution is 2.34. The average molecular weight is 418 g/mol. The number of rotatable bonds is 3. The number of piperidine rings is 1. The molecule has 9 heteroatoms. The molecule has 0 N–H and O–H groups in total. The van der Waals surface area contributed by atoms with Crippen molar-refractivity contribution in [2.24, 2.45) is 0 Å². The third-order valence-corrected chi connectivity index (χ3v) is 5.30. The predicted octanol–water partition coefficient (Wildman–Crippen LogP) is 4.08. The number of hydrogen-bond acceptors (Lipinski definition) is 4. The molecule has 30 heavy (non-hydrogen) atoms. The summed E-state index contributed by atoms with van der Waals surface area (Å²) in [4.78, 5) is 19.0. The van der Waals surface area contributed by atoms with Crippen molar-refractivity contribution in [3.63, 3.8) is 0 Å². The number of fused-ring (bicyclic) bond motifs is 1. The van der Waals surface area contributed by atoms with E-state index < -0.39 is 11.9 Å². The number of hydrogen-bond donors (Lipinski definition) is 0. The maximum atomic E-state index is 13.6. The van der Waals surface area contributed by atoms with Gasteiger partial charge in [-0.1, -0.05) is 6.07 Å². The lowest BCUT2D eigenvalue weighted by molar-refractivity contribution is -0.142. The maximum Gasteiger partial charge on any atom is 0.433 e. The molecule has 3 aromatic rings. The Hall–Kier alpha value is -3.10. The van der Waals surface area contributed by atoms with Gasteiger partial charge in [0.1, 0.15) is 11.4 Å². The van der Waals surface area contributed by atoms with Crippen LogP contribution in [0.5, 0.6) is 5.75 Å². The second-order valence-electron chi connectivity index (χ2n) is 7.44. The molecule has 2 aromatic heterocycles. The van der Waals surface area contributed by atoms with Crippen LogP contribution in [0.25, 0.3) is 5.65 Å². The minimum Gasteiger partial charge on any atom is -0.497 e. The Kier molecular flexibility index (Phi) is 5.13. The molecule has 0 bridgehead atoms. The van der Waals surface area contributed by atoms with Crippen molar-refractivity contribution < 1.29 is 22.7 Å². The number of alkyl halides is 3. The summed E-state index contributed by atoms with van der Waals surface area (Å²) in [6.45, 7) is 2.49. The fourth-order valence-electron chi connectivity index (χ4n) is 3.86. The quantitative estimate of drug-likeness (QED) is 0.643. The van der Waals surface area contributed by atoms with Gasteiger partial charge >= 0.3 is 6.18 Å². The number of likely N-dealkylation sites (tertiary alicyclic amines) is 1. The number of ether oxygens (including phenoxy) is 1. The first-order valence-electron chi connectivity index (χ1n) is 9.64. The minimum absolute atomic E-state index is 0.161. The molecular weight excluding hydrogens is 397 g/mol. The van der Waals surface area contributed by atoms with Gasteiger partial charge in [0, 0.05) is 36.3 Å². The normalized spacial score (nSPS) is 17.4. The highest BCUT2D eigenvalue weighted by molar-refractivity contribution is 5.94. The highest BCUT2D eigenvalue weighted by atomic mass is 19.4. The van der Waals surface area contributed by atoms with Gasteiger partial charge in [-0.3, -0.25) is 4.79 Å². The summed E-state index contributed by atoms with van der Waals surface area (Å²) in [7, 11) is 1.53. The third-order valence-electron chi connectivity index (χ3n) is 5.30. The summed E-state index contributed by atoms with van der Waals surface area (Å²) in [5, 5.41) is 3.92. The molecule has 3 heterocycles. The summed E-state index contributed by atoms with van der Waals surface area (Å²) >= 11 is 0. The van der Waals surface area contributed by atoms with Gasteiger partial charge in [0.15, 0.2) is 5.65 Å². The molecule has 1 amide bonds. The number of aryl methyl sites for hydroxylation is 1. The second-order valence-corrected chi connectivity index (χ2v) is 7.44. The van der Waals surface area contributed by atoms with E-state index >= 15 is 0 Å². The molecule has 1 aliphatic heterocycles. The molecule has 0 saturated carbocycles. The number of amides is 1. The van der Waals surface area contributed by atoms with Crippen LogP contribution in [0, 0.1) is 6.92 Å². The van der Waals surface area contributed by atoms with Crippen molar-refractivity contribution >= 4 is 11.6 Å². The Bertz CT molecular complexity index is 1090. The number of carbonyl (C=O) groups is 1. The van der Waals surface area contributed by atoms with Crippen molar-refractivity contribution in [1.29, 1.82) is 0 Å². The first-order valence-corrected chi connectivity index (χ1v) is 9.64. The molecule has 0 aliphatic carbocycles. The zero-order valence-electron chi connectivity index (χ0n) is 16.6. The molecular formula is C21H21F3N4O2. The molecule has 0 spiro atoms. The van der Waals surface area contributed by atoms with E-state index in [1.807, 2.05) is 0 Å². The molecule has 6 nitrogen and oxygen atoms in total. The van der Waals surface area contributed by atoms with Gasteiger partial charge in [0.2, 0.25) is 0 Å². The van der Waals surface area contributed by atoms with Crippen LogP contribution in [0.4, 0.5) is 13.2 Å². The van der Waals surface area contributed by atoms with Crippen molar-refractivity contribution in [1.82, 2.24) is 19.5 Å². The van der Waals surface area contributed by atoms with Gasteiger partial charge in [-0.05, 0) is 44.0 Å². The largest absolute Gasteiger partial charge is 0.497 e. The SMILES string of the molecule is COc1cccc(C(=O)N2CCCC(c3cc(C(F)(F)F)n4nc(C)cc4n3)C2)c1. The fraction of sp³-hybridized carbons (Fsp3) is 0.381. The van der Waals surface area contributed by atoms with E-state index in [9.17, 15) is 18.0 Å². The maximum absolute atomic E-state index is 13.6. The standard InChI is InChI=1S/C21H21F3N4O2/c1-13-9-19-25-17(11-18(21(22,23)24)28(19)26-13)15-6-4-8-27(12-15)20(29)14-5-3-7-16(10-14)30-2/h3,5,7,9-11,15H,4,6,8,12H2,1-2H3. The van der Waals surface area contributed by atoms with E-state index in [-0.39, 0.29) is 17.5 Å². The van der Waals surface area contributed by atoms with Crippen LogP contribution >= 0.6 is 0 Å². The van der Waals surface area contributed by atoms with Crippen molar-refractivity contribution in [2.45, 2.75) is 31.9 Å². The number of aromatic nitrogens is 3. The van der Waals surface area contributed by atoms with Crippen LogP contribution in [-0.2, 0) is 6.18 Å². The summed E-state index contributed by atoms with van der Waals surface area (Å²) in [5.74, 6) is 0.123. The predicted molar refractivity (Wildman–Crippen MR) is 104 cm³/mol. The summed E-state index contributed by atoms with van der Waals surface area (Å²) in [5.41, 5.74) is 0.586. The molecule has 1 atom stereocenters. The third kappa shape index (κ3) is 3.83. The Morgan fingerprint density at radius 1 is 1.23 bits per heavy atom. The molecule has 1 unspecified atom stereocenters. The number of halogens is 3. The van der Waals surface area contributed by atoms with E-state index in [0.29, 0.717) is 48.6 Å². The molecule has 1 saturated heterocycles. The van der Waals surface area contributed by atoms with E-state index in [2.05, 4.69) is 10.1 Å². The fourth-order valence-corrected chi connectivity index (χ4v) is 3.86. The Balaban J connectivity index is 1.64. The second kappa shape index (κ2) is 7.62. The first kappa shape index (κ1) is 20.2. The smallest absolute Gasteiger partial charge is 0.433 e. The van der Waals surface area contributed by atoms with Gasteiger partial charge < -0.3 is 9.64 Å². The number of benzene rings is 1. The van der Waals surface area contributed by atoms with Crippen LogP contribution in [0.1, 0.15) is 46.2 Å². The molecule has 1 aliphatic rings. The lowest BCUT2D eigenvalue weighted by atomic mass is 9.93. The van der Waals surface area contributed by atoms with Gasteiger partial charge in [0.25, 0.3) is 5.91 Å². The zero-order chi connectivity index (χ0) is 21.5. The van der Waals surface area contributed by atoms with Crippen LogP contribution in [0.3, 0.4) is 0 Å². The highest BCUT2D eigenvalue weighted by Gasteiger charge is 2.36. The van der Waals surface area contributed by atoms with Crippen LogP contribution in [0.15, 0.2) is 36.4 Å². The van der Waals surface area contributed by atoms with E-state index in [1.165, 1.54) is 13.2 Å². The van der Waals surface area contributed by atoms with Crippen molar-refractivity contribution in [2.75, 3.05) is 20.2 Å². The zero-order valence-corrected chi connectivity index (χ0v) is 16.6.